The number of rotatable bonds is 12. The highest BCUT2D eigenvalue weighted by Gasteiger charge is 2.34. The molecule has 2 heterocycles. The first-order valence-corrected chi connectivity index (χ1v) is 12.8. The predicted octanol–water partition coefficient (Wildman–Crippen LogP) is 4.22. The minimum atomic E-state index is -1.85. The molecule has 0 fully saturated rings. The van der Waals surface area contributed by atoms with E-state index < -0.39 is 17.2 Å². The molecule has 2 aromatic heterocycles. The number of aromatic nitrogens is 6. The molecule has 0 aliphatic rings. The van der Waals surface area contributed by atoms with E-state index in [2.05, 4.69) is 20.4 Å². The van der Waals surface area contributed by atoms with Gasteiger partial charge in [-0.25, -0.2) is 23.1 Å². The molecule has 42 heavy (non-hydrogen) atoms. The number of halogens is 2. The zero-order chi connectivity index (χ0) is 29.5. The molecule has 0 radical (unpaired) electrons. The number of ketones is 1. The summed E-state index contributed by atoms with van der Waals surface area (Å²) in [4.78, 5) is 16.4. The number of ether oxygens (including phenoxy) is 2. The standard InChI is InChI=1S/C30H26F2N6O4/c1-41-25-8-2-21(3-9-25)4-13-29(39)22-5-10-26(11-6-22)42-16-24-15-37(36-35-24)17-30(40,18-38-20-33-19-34-38)27-12-7-23(31)14-28(27)32/h2-15,19-20,40H,16-18H2,1H3/b13-4+. The van der Waals surface area contributed by atoms with Gasteiger partial charge in [0.25, 0.3) is 0 Å². The minimum Gasteiger partial charge on any atom is -0.497 e. The van der Waals surface area contributed by atoms with Crippen LogP contribution in [0, 0.1) is 11.6 Å². The Bertz CT molecular complexity index is 1670. The van der Waals surface area contributed by atoms with Crippen molar-refractivity contribution < 1.29 is 28.2 Å². The van der Waals surface area contributed by atoms with Crippen LogP contribution in [0.2, 0.25) is 0 Å². The number of methoxy groups -OCH3 is 1. The molecule has 3 aromatic carbocycles. The molecular weight excluding hydrogens is 546 g/mol. The molecule has 10 nitrogen and oxygen atoms in total. The lowest BCUT2D eigenvalue weighted by Gasteiger charge is -2.28. The van der Waals surface area contributed by atoms with Crippen molar-refractivity contribution in [2.45, 2.75) is 25.3 Å². The van der Waals surface area contributed by atoms with E-state index in [1.54, 1.807) is 43.6 Å². The monoisotopic (exact) mass is 572 g/mol. The fourth-order valence-electron chi connectivity index (χ4n) is 4.28. The molecule has 5 rings (SSSR count). The zero-order valence-corrected chi connectivity index (χ0v) is 22.5. The first-order chi connectivity index (χ1) is 20.3. The molecule has 214 valence electrons. The number of benzene rings is 3. The van der Waals surface area contributed by atoms with Gasteiger partial charge in [0.05, 0.1) is 26.4 Å². The summed E-state index contributed by atoms with van der Waals surface area (Å²) in [5.41, 5.74) is -0.155. The maximum Gasteiger partial charge on any atom is 0.185 e. The molecule has 1 unspecified atom stereocenters. The molecule has 0 amide bonds. The topological polar surface area (TPSA) is 117 Å². The number of nitrogens with zero attached hydrogens (tertiary/aromatic N) is 6. The van der Waals surface area contributed by atoms with Crippen molar-refractivity contribution >= 4 is 11.9 Å². The van der Waals surface area contributed by atoms with E-state index >= 15 is 0 Å². The number of aliphatic hydroxyl groups is 1. The number of hydrogen-bond acceptors (Lipinski definition) is 8. The summed E-state index contributed by atoms with van der Waals surface area (Å²) < 4.78 is 41.8. The maximum absolute atomic E-state index is 14.7. The summed E-state index contributed by atoms with van der Waals surface area (Å²) >= 11 is 0. The van der Waals surface area contributed by atoms with E-state index in [1.807, 2.05) is 24.3 Å². The van der Waals surface area contributed by atoms with Gasteiger partial charge in [-0.1, -0.05) is 29.5 Å². The van der Waals surface area contributed by atoms with Crippen LogP contribution in [0.5, 0.6) is 11.5 Å². The second-order valence-electron chi connectivity index (χ2n) is 9.44. The van der Waals surface area contributed by atoms with Gasteiger partial charge < -0.3 is 14.6 Å². The summed E-state index contributed by atoms with van der Waals surface area (Å²) in [6.07, 6.45) is 7.44. The van der Waals surface area contributed by atoms with Gasteiger partial charge in [-0.2, -0.15) is 5.10 Å². The van der Waals surface area contributed by atoms with Crippen molar-refractivity contribution in [2.75, 3.05) is 7.11 Å². The maximum atomic E-state index is 14.7. The minimum absolute atomic E-state index is 0.0527. The smallest absolute Gasteiger partial charge is 0.185 e. The summed E-state index contributed by atoms with van der Waals surface area (Å²) in [5.74, 6) is -0.573. The van der Waals surface area contributed by atoms with Crippen molar-refractivity contribution in [3.63, 3.8) is 0 Å². The van der Waals surface area contributed by atoms with Gasteiger partial charge in [-0.3, -0.25) is 4.79 Å². The normalized spacial score (nSPS) is 12.8. The van der Waals surface area contributed by atoms with Crippen molar-refractivity contribution in [1.29, 1.82) is 0 Å². The quantitative estimate of drug-likeness (QED) is 0.175. The number of allylic oxidation sites excluding steroid dienone is 1. The molecule has 12 heteroatoms. The Morgan fingerprint density at radius 2 is 1.74 bits per heavy atom. The van der Waals surface area contributed by atoms with Crippen molar-refractivity contribution in [3.05, 3.63) is 126 Å². The van der Waals surface area contributed by atoms with E-state index in [9.17, 15) is 18.7 Å². The van der Waals surface area contributed by atoms with E-state index in [0.29, 0.717) is 23.1 Å². The molecule has 0 aliphatic carbocycles. The molecule has 1 atom stereocenters. The molecule has 0 saturated carbocycles. The van der Waals surface area contributed by atoms with Gasteiger partial charge in [-0.05, 0) is 54.1 Å². The molecule has 0 saturated heterocycles. The van der Waals surface area contributed by atoms with Gasteiger partial charge in [0.15, 0.2) is 5.78 Å². The lowest BCUT2D eigenvalue weighted by Crippen LogP contribution is -2.37. The first kappa shape index (κ1) is 28.3. The molecule has 0 bridgehead atoms. The van der Waals surface area contributed by atoms with Crippen molar-refractivity contribution in [1.82, 2.24) is 29.8 Å². The fourth-order valence-corrected chi connectivity index (χ4v) is 4.28. The van der Waals surface area contributed by atoms with Crippen LogP contribution in [0.15, 0.2) is 91.7 Å². The average Bonchev–Trinajstić information content (AvgIpc) is 3.67. The van der Waals surface area contributed by atoms with Crippen LogP contribution in [0.1, 0.15) is 27.2 Å². The Balaban J connectivity index is 1.21. The third-order valence-electron chi connectivity index (χ3n) is 6.40. The second kappa shape index (κ2) is 12.5. The Morgan fingerprint density at radius 1 is 1.00 bits per heavy atom. The van der Waals surface area contributed by atoms with E-state index in [-0.39, 0.29) is 31.0 Å². The van der Waals surface area contributed by atoms with Gasteiger partial charge in [0.1, 0.15) is 53.7 Å². The molecule has 5 aromatic rings. The van der Waals surface area contributed by atoms with Gasteiger partial charge in [0, 0.05) is 17.2 Å². The van der Waals surface area contributed by atoms with Crippen LogP contribution in [0.3, 0.4) is 0 Å². The SMILES string of the molecule is COc1ccc(/C=C/C(=O)c2ccc(OCc3cn(CC(O)(Cn4cncn4)c4ccc(F)cc4F)nn3)cc2)cc1. The van der Waals surface area contributed by atoms with Gasteiger partial charge >= 0.3 is 0 Å². The summed E-state index contributed by atoms with van der Waals surface area (Å²) in [6.45, 7) is -0.318. The van der Waals surface area contributed by atoms with Crippen LogP contribution in [-0.4, -0.2) is 47.8 Å². The van der Waals surface area contributed by atoms with Gasteiger partial charge in [-0.15, -0.1) is 5.10 Å². The van der Waals surface area contributed by atoms with Crippen LogP contribution in [0.25, 0.3) is 6.08 Å². The number of hydrogen-bond donors (Lipinski definition) is 1. The van der Waals surface area contributed by atoms with Crippen LogP contribution in [-0.2, 0) is 25.3 Å². The first-order valence-electron chi connectivity index (χ1n) is 12.8. The second-order valence-corrected chi connectivity index (χ2v) is 9.44. The molecule has 0 aliphatic heterocycles. The zero-order valence-electron chi connectivity index (χ0n) is 22.5. The lowest BCUT2D eigenvalue weighted by molar-refractivity contribution is -0.00892. The van der Waals surface area contributed by atoms with Crippen LogP contribution in [0.4, 0.5) is 8.78 Å². The van der Waals surface area contributed by atoms with E-state index in [0.717, 1.165) is 17.4 Å². The molecule has 0 spiro atoms. The van der Waals surface area contributed by atoms with Crippen LogP contribution >= 0.6 is 0 Å². The Kier molecular flexibility index (Phi) is 8.44. The fraction of sp³-hybridized carbons (Fsp3) is 0.167. The number of carbonyl (C=O) groups is 1. The largest absolute Gasteiger partial charge is 0.497 e. The average molecular weight is 573 g/mol. The summed E-state index contributed by atoms with van der Waals surface area (Å²) in [7, 11) is 1.59. The third kappa shape index (κ3) is 6.91. The number of carbonyl (C=O) groups excluding carboxylic acids is 1. The summed E-state index contributed by atoms with van der Waals surface area (Å²) in [5, 5.41) is 23.6. The Hall–Kier alpha value is -5.23. The van der Waals surface area contributed by atoms with Crippen LogP contribution < -0.4 is 9.47 Å². The highest BCUT2D eigenvalue weighted by molar-refractivity contribution is 6.06. The van der Waals surface area contributed by atoms with Gasteiger partial charge in [0.2, 0.25) is 0 Å². The molecular formula is C30H26F2N6O4. The third-order valence-corrected chi connectivity index (χ3v) is 6.40. The summed E-state index contributed by atoms with van der Waals surface area (Å²) in [6, 6.07) is 17.0. The predicted molar refractivity (Wildman–Crippen MR) is 147 cm³/mol. The molecule has 1 N–H and O–H groups in total. The Labute approximate surface area is 239 Å². The van der Waals surface area contributed by atoms with Crippen molar-refractivity contribution in [3.8, 4) is 11.5 Å². The lowest BCUT2D eigenvalue weighted by atomic mass is 9.93. The van der Waals surface area contributed by atoms with E-state index in [4.69, 9.17) is 9.47 Å². The van der Waals surface area contributed by atoms with E-state index in [1.165, 1.54) is 34.2 Å². The highest BCUT2D eigenvalue weighted by Crippen LogP contribution is 2.28. The Morgan fingerprint density at radius 3 is 2.43 bits per heavy atom. The highest BCUT2D eigenvalue weighted by atomic mass is 19.1. The van der Waals surface area contributed by atoms with Crippen molar-refractivity contribution in [2.24, 2.45) is 0 Å².